The maximum atomic E-state index is 9.29. The van der Waals surface area contributed by atoms with E-state index in [0.717, 1.165) is 18.7 Å². The molecule has 1 aromatic carbocycles. The third-order valence-electron chi connectivity index (χ3n) is 3.04. The topological polar surface area (TPSA) is 27.0 Å². The minimum absolute atomic E-state index is 0.140. The fourth-order valence-corrected chi connectivity index (χ4v) is 2.42. The highest BCUT2D eigenvalue weighted by atomic mass is 35.5. The summed E-state index contributed by atoms with van der Waals surface area (Å²) in [6, 6.07) is 9.87. The molecule has 0 saturated carbocycles. The fraction of sp³-hybridized carbons (Fsp3) is 0.462. The lowest BCUT2D eigenvalue weighted by Gasteiger charge is -2.30. The summed E-state index contributed by atoms with van der Waals surface area (Å²) in [5.41, 5.74) is 1.01. The third kappa shape index (κ3) is 2.55. The van der Waals surface area contributed by atoms with Gasteiger partial charge in [0.1, 0.15) is 6.04 Å². The Morgan fingerprint density at radius 2 is 2.00 bits per heavy atom. The Kier molecular flexibility index (Phi) is 3.82. The molecule has 3 heteroatoms. The standard InChI is InChI=1S/C13H15ClN2/c14-12-6-4-5-11(9-12)13(10-15)16-7-2-1-3-8-16/h4-6,9,13H,1-3,7-8H2. The van der Waals surface area contributed by atoms with Gasteiger partial charge < -0.3 is 0 Å². The van der Waals surface area contributed by atoms with Crippen molar-refractivity contribution in [3.8, 4) is 6.07 Å². The van der Waals surface area contributed by atoms with Crippen LogP contribution in [0.3, 0.4) is 0 Å². The Balaban J connectivity index is 2.18. The molecule has 1 aliphatic heterocycles. The van der Waals surface area contributed by atoms with Gasteiger partial charge in [0.25, 0.3) is 0 Å². The summed E-state index contributed by atoms with van der Waals surface area (Å²) in [5, 5.41) is 9.99. The highest BCUT2D eigenvalue weighted by Crippen LogP contribution is 2.25. The maximum Gasteiger partial charge on any atom is 0.123 e. The number of piperidine rings is 1. The van der Waals surface area contributed by atoms with Gasteiger partial charge in [-0.25, -0.2) is 0 Å². The van der Waals surface area contributed by atoms with E-state index in [2.05, 4.69) is 11.0 Å². The summed E-state index contributed by atoms with van der Waals surface area (Å²) in [6.45, 7) is 2.04. The third-order valence-corrected chi connectivity index (χ3v) is 3.28. The molecule has 0 bridgehead atoms. The monoisotopic (exact) mass is 234 g/mol. The summed E-state index contributed by atoms with van der Waals surface area (Å²) in [7, 11) is 0. The zero-order valence-corrected chi connectivity index (χ0v) is 9.95. The van der Waals surface area contributed by atoms with Crippen molar-refractivity contribution in [2.45, 2.75) is 25.3 Å². The Morgan fingerprint density at radius 3 is 2.62 bits per heavy atom. The first-order valence-corrected chi connectivity index (χ1v) is 6.08. The molecule has 16 heavy (non-hydrogen) atoms. The van der Waals surface area contributed by atoms with Crippen LogP contribution in [0.2, 0.25) is 5.02 Å². The molecule has 1 fully saturated rings. The fourth-order valence-electron chi connectivity index (χ4n) is 2.22. The highest BCUT2D eigenvalue weighted by Gasteiger charge is 2.21. The second-order valence-corrected chi connectivity index (χ2v) is 4.62. The molecule has 1 unspecified atom stereocenters. The summed E-state index contributed by atoms with van der Waals surface area (Å²) in [5.74, 6) is 0. The minimum Gasteiger partial charge on any atom is -0.284 e. The van der Waals surface area contributed by atoms with Crippen LogP contribution in [0.15, 0.2) is 24.3 Å². The molecule has 0 amide bonds. The van der Waals surface area contributed by atoms with Gasteiger partial charge in [0.15, 0.2) is 0 Å². The van der Waals surface area contributed by atoms with E-state index >= 15 is 0 Å². The van der Waals surface area contributed by atoms with Crippen molar-refractivity contribution in [3.05, 3.63) is 34.9 Å². The maximum absolute atomic E-state index is 9.29. The smallest absolute Gasteiger partial charge is 0.123 e. The van der Waals surface area contributed by atoms with Gasteiger partial charge >= 0.3 is 0 Å². The van der Waals surface area contributed by atoms with E-state index in [1.165, 1.54) is 19.3 Å². The van der Waals surface area contributed by atoms with Crippen LogP contribution in [-0.4, -0.2) is 18.0 Å². The van der Waals surface area contributed by atoms with Crippen molar-refractivity contribution < 1.29 is 0 Å². The quantitative estimate of drug-likeness (QED) is 0.784. The summed E-state index contributed by atoms with van der Waals surface area (Å²) in [6.07, 6.45) is 3.67. The highest BCUT2D eigenvalue weighted by molar-refractivity contribution is 6.30. The van der Waals surface area contributed by atoms with E-state index in [-0.39, 0.29) is 6.04 Å². The molecule has 0 spiro atoms. The Bertz CT molecular complexity index is 391. The van der Waals surface area contributed by atoms with E-state index in [0.29, 0.717) is 5.02 Å². The molecule has 0 aromatic heterocycles. The largest absolute Gasteiger partial charge is 0.284 e. The number of halogens is 1. The van der Waals surface area contributed by atoms with Crippen molar-refractivity contribution in [1.29, 1.82) is 5.26 Å². The summed E-state index contributed by atoms with van der Waals surface area (Å²) >= 11 is 5.96. The zero-order valence-electron chi connectivity index (χ0n) is 9.19. The molecule has 2 nitrogen and oxygen atoms in total. The molecule has 1 atom stereocenters. The van der Waals surface area contributed by atoms with Crippen LogP contribution in [-0.2, 0) is 0 Å². The Hall–Kier alpha value is -1.04. The molecular formula is C13H15ClN2. The summed E-state index contributed by atoms with van der Waals surface area (Å²) < 4.78 is 0. The number of nitrogens with zero attached hydrogens (tertiary/aromatic N) is 2. The van der Waals surface area contributed by atoms with Gasteiger partial charge in [-0.2, -0.15) is 5.26 Å². The average Bonchev–Trinajstić information content (AvgIpc) is 2.31. The van der Waals surface area contributed by atoms with Gasteiger partial charge in [-0.05, 0) is 43.6 Å². The van der Waals surface area contributed by atoms with Crippen LogP contribution in [0, 0.1) is 11.3 Å². The van der Waals surface area contributed by atoms with Crippen LogP contribution >= 0.6 is 11.6 Å². The van der Waals surface area contributed by atoms with Crippen molar-refractivity contribution in [2.75, 3.05) is 13.1 Å². The van der Waals surface area contributed by atoms with Crippen molar-refractivity contribution in [1.82, 2.24) is 4.90 Å². The normalized spacial score (nSPS) is 19.0. The number of benzene rings is 1. The van der Waals surface area contributed by atoms with Crippen LogP contribution in [0.25, 0.3) is 0 Å². The lowest BCUT2D eigenvalue weighted by atomic mass is 10.0. The number of likely N-dealkylation sites (tertiary alicyclic amines) is 1. The molecule has 1 aromatic rings. The van der Waals surface area contributed by atoms with E-state index in [4.69, 9.17) is 11.6 Å². The van der Waals surface area contributed by atoms with Gasteiger partial charge in [0.2, 0.25) is 0 Å². The molecule has 2 rings (SSSR count). The first-order chi connectivity index (χ1) is 7.81. The average molecular weight is 235 g/mol. The predicted octanol–water partition coefficient (Wildman–Crippen LogP) is 3.39. The van der Waals surface area contributed by atoms with Gasteiger partial charge in [0, 0.05) is 5.02 Å². The Morgan fingerprint density at radius 1 is 1.25 bits per heavy atom. The Labute approximate surface area is 101 Å². The first-order valence-electron chi connectivity index (χ1n) is 5.70. The minimum atomic E-state index is -0.140. The van der Waals surface area contributed by atoms with Crippen LogP contribution in [0.5, 0.6) is 0 Å². The SMILES string of the molecule is N#CC(c1cccc(Cl)c1)N1CCCCC1. The molecule has 1 aliphatic rings. The van der Waals surface area contributed by atoms with E-state index in [9.17, 15) is 5.26 Å². The lowest BCUT2D eigenvalue weighted by Crippen LogP contribution is -2.33. The molecule has 0 N–H and O–H groups in total. The number of hydrogen-bond acceptors (Lipinski definition) is 2. The van der Waals surface area contributed by atoms with E-state index in [1.54, 1.807) is 0 Å². The molecule has 0 aliphatic carbocycles. The van der Waals surface area contributed by atoms with Gasteiger partial charge in [0.05, 0.1) is 6.07 Å². The van der Waals surface area contributed by atoms with Gasteiger partial charge in [-0.15, -0.1) is 0 Å². The molecule has 1 saturated heterocycles. The lowest BCUT2D eigenvalue weighted by molar-refractivity contribution is 0.196. The van der Waals surface area contributed by atoms with Crippen molar-refractivity contribution >= 4 is 11.6 Å². The number of nitriles is 1. The van der Waals surface area contributed by atoms with Crippen molar-refractivity contribution in [3.63, 3.8) is 0 Å². The molecular weight excluding hydrogens is 220 g/mol. The molecule has 1 heterocycles. The number of hydrogen-bond donors (Lipinski definition) is 0. The summed E-state index contributed by atoms with van der Waals surface area (Å²) in [4.78, 5) is 2.25. The van der Waals surface area contributed by atoms with Gasteiger partial charge in [-0.1, -0.05) is 30.2 Å². The predicted molar refractivity (Wildman–Crippen MR) is 65.2 cm³/mol. The molecule has 0 radical (unpaired) electrons. The van der Waals surface area contributed by atoms with Crippen LogP contribution < -0.4 is 0 Å². The van der Waals surface area contributed by atoms with E-state index in [1.807, 2.05) is 24.3 Å². The zero-order chi connectivity index (χ0) is 11.4. The van der Waals surface area contributed by atoms with Crippen LogP contribution in [0.1, 0.15) is 30.9 Å². The van der Waals surface area contributed by atoms with Gasteiger partial charge in [-0.3, -0.25) is 4.90 Å². The van der Waals surface area contributed by atoms with Crippen molar-refractivity contribution in [2.24, 2.45) is 0 Å². The van der Waals surface area contributed by atoms with Crippen LogP contribution in [0.4, 0.5) is 0 Å². The second-order valence-electron chi connectivity index (χ2n) is 4.18. The number of rotatable bonds is 2. The van der Waals surface area contributed by atoms with E-state index < -0.39 is 0 Å². The first kappa shape index (κ1) is 11.4. The molecule has 84 valence electrons. The second kappa shape index (κ2) is 5.34.